The van der Waals surface area contributed by atoms with Crippen LogP contribution in [0.5, 0.6) is 0 Å². The van der Waals surface area contributed by atoms with Gasteiger partial charge in [0, 0.05) is 17.1 Å². The van der Waals surface area contributed by atoms with E-state index in [4.69, 9.17) is 4.74 Å². The van der Waals surface area contributed by atoms with Gasteiger partial charge in [0.1, 0.15) is 5.82 Å². The molecule has 28 heavy (non-hydrogen) atoms. The molecule has 3 aromatic carbocycles. The highest BCUT2D eigenvalue weighted by Crippen LogP contribution is 2.29. The zero-order valence-corrected chi connectivity index (χ0v) is 15.4. The van der Waals surface area contributed by atoms with Crippen molar-refractivity contribution in [3.63, 3.8) is 0 Å². The van der Waals surface area contributed by atoms with E-state index in [0.717, 1.165) is 22.0 Å². The molecule has 0 aliphatic rings. The van der Waals surface area contributed by atoms with Gasteiger partial charge in [-0.15, -0.1) is 0 Å². The minimum Gasteiger partial charge on any atom is -0.462 e. The lowest BCUT2D eigenvalue weighted by molar-refractivity contribution is 0.0526. The largest absolute Gasteiger partial charge is 0.462 e. The van der Waals surface area contributed by atoms with Gasteiger partial charge in [0.2, 0.25) is 0 Å². The minimum absolute atomic E-state index is 0.246. The summed E-state index contributed by atoms with van der Waals surface area (Å²) in [5, 5.41) is 5.52. The number of aromatic nitrogens is 2. The summed E-state index contributed by atoms with van der Waals surface area (Å²) in [4.78, 5) is 12.1. The zero-order chi connectivity index (χ0) is 19.5. The molecule has 0 bridgehead atoms. The van der Waals surface area contributed by atoms with Gasteiger partial charge in [0.05, 0.1) is 24.2 Å². The topological polar surface area (TPSA) is 44.1 Å². The van der Waals surface area contributed by atoms with E-state index < -0.39 is 0 Å². The Morgan fingerprint density at radius 1 is 1.07 bits per heavy atom. The fraction of sp³-hybridized carbons (Fsp3) is 0.130. The molecule has 0 atom stereocenters. The van der Waals surface area contributed by atoms with Crippen LogP contribution in [0.2, 0.25) is 0 Å². The van der Waals surface area contributed by atoms with E-state index in [-0.39, 0.29) is 11.8 Å². The van der Waals surface area contributed by atoms with Crippen molar-refractivity contribution in [1.29, 1.82) is 0 Å². The second-order valence-corrected chi connectivity index (χ2v) is 6.46. The molecule has 0 aliphatic heterocycles. The molecule has 4 aromatic rings. The third-order valence-electron chi connectivity index (χ3n) is 4.57. The number of hydrogen-bond donors (Lipinski definition) is 0. The van der Waals surface area contributed by atoms with Crippen molar-refractivity contribution in [1.82, 2.24) is 9.78 Å². The molecule has 0 aliphatic carbocycles. The summed E-state index contributed by atoms with van der Waals surface area (Å²) in [6.07, 6.45) is 1.91. The number of hydrogen-bond acceptors (Lipinski definition) is 3. The van der Waals surface area contributed by atoms with Crippen LogP contribution in [-0.2, 0) is 11.3 Å². The van der Waals surface area contributed by atoms with E-state index in [1.54, 1.807) is 29.8 Å². The first kappa shape index (κ1) is 17.9. The lowest BCUT2D eigenvalue weighted by atomic mass is 10.00. The number of esters is 1. The molecule has 0 unspecified atom stereocenters. The van der Waals surface area contributed by atoms with Crippen molar-refractivity contribution in [3.05, 3.63) is 89.9 Å². The normalized spacial score (nSPS) is 10.9. The summed E-state index contributed by atoms with van der Waals surface area (Å²) in [6.45, 7) is 2.47. The first-order valence-corrected chi connectivity index (χ1v) is 9.13. The van der Waals surface area contributed by atoms with E-state index in [1.165, 1.54) is 6.07 Å². The molecule has 0 saturated carbocycles. The fourth-order valence-corrected chi connectivity index (χ4v) is 3.25. The van der Waals surface area contributed by atoms with Crippen molar-refractivity contribution in [3.8, 4) is 11.1 Å². The molecule has 140 valence electrons. The fourth-order valence-electron chi connectivity index (χ4n) is 3.25. The van der Waals surface area contributed by atoms with Gasteiger partial charge in [-0.3, -0.25) is 4.68 Å². The quantitative estimate of drug-likeness (QED) is 0.458. The van der Waals surface area contributed by atoms with Crippen molar-refractivity contribution in [2.75, 3.05) is 6.61 Å². The van der Waals surface area contributed by atoms with Gasteiger partial charge in [-0.2, -0.15) is 5.10 Å². The highest BCUT2D eigenvalue weighted by atomic mass is 19.1. The first-order valence-electron chi connectivity index (χ1n) is 9.13. The summed E-state index contributed by atoms with van der Waals surface area (Å²) < 4.78 is 20.8. The van der Waals surface area contributed by atoms with E-state index in [2.05, 4.69) is 5.10 Å². The predicted molar refractivity (Wildman–Crippen MR) is 107 cm³/mol. The van der Waals surface area contributed by atoms with Gasteiger partial charge in [-0.05, 0) is 42.3 Å². The van der Waals surface area contributed by atoms with Crippen molar-refractivity contribution in [2.45, 2.75) is 13.5 Å². The van der Waals surface area contributed by atoms with Crippen molar-refractivity contribution < 1.29 is 13.9 Å². The molecular formula is C23H19FN2O2. The molecule has 1 aromatic heterocycles. The van der Waals surface area contributed by atoms with Crippen LogP contribution in [0.4, 0.5) is 4.39 Å². The lowest BCUT2D eigenvalue weighted by Crippen LogP contribution is -2.04. The summed E-state index contributed by atoms with van der Waals surface area (Å²) in [5.74, 6) is -0.587. The molecule has 0 radical (unpaired) electrons. The Bertz CT molecular complexity index is 1150. The monoisotopic (exact) mass is 374 g/mol. The van der Waals surface area contributed by atoms with E-state index >= 15 is 0 Å². The number of carbonyl (C=O) groups excluding carboxylic acids is 1. The number of carbonyl (C=O) groups is 1. The van der Waals surface area contributed by atoms with Crippen LogP contribution in [0.25, 0.3) is 22.0 Å². The van der Waals surface area contributed by atoms with Gasteiger partial charge in [0.15, 0.2) is 0 Å². The summed E-state index contributed by atoms with van der Waals surface area (Å²) >= 11 is 0. The number of rotatable bonds is 5. The second kappa shape index (κ2) is 7.64. The molecule has 0 amide bonds. The van der Waals surface area contributed by atoms with Crippen molar-refractivity contribution in [2.24, 2.45) is 0 Å². The van der Waals surface area contributed by atoms with Crippen LogP contribution >= 0.6 is 0 Å². The van der Waals surface area contributed by atoms with Gasteiger partial charge < -0.3 is 4.74 Å². The Labute approximate surface area is 162 Å². The molecule has 0 saturated heterocycles. The van der Waals surface area contributed by atoms with E-state index in [1.807, 2.05) is 48.7 Å². The SMILES string of the molecule is CCOC(=O)c1cccc(-c2cccc3nn(Cc4ccccc4F)cc23)c1. The van der Waals surface area contributed by atoms with Crippen molar-refractivity contribution >= 4 is 16.9 Å². The van der Waals surface area contributed by atoms with Gasteiger partial charge in [-0.25, -0.2) is 9.18 Å². The minimum atomic E-state index is -0.341. The Morgan fingerprint density at radius 2 is 1.89 bits per heavy atom. The summed E-state index contributed by atoms with van der Waals surface area (Å²) in [5.41, 5.74) is 3.77. The zero-order valence-electron chi connectivity index (χ0n) is 15.4. The van der Waals surface area contributed by atoms with Crippen LogP contribution in [-0.4, -0.2) is 22.4 Å². The standard InChI is InChI=1S/C23H19FN2O2/c1-2-28-23(27)17-9-5-8-16(13-17)19-10-6-12-22-20(19)15-26(25-22)14-18-7-3-4-11-21(18)24/h3-13,15H,2,14H2,1H3. The Morgan fingerprint density at radius 3 is 2.71 bits per heavy atom. The highest BCUT2D eigenvalue weighted by molar-refractivity contribution is 5.97. The summed E-state index contributed by atoms with van der Waals surface area (Å²) in [6, 6.07) is 19.9. The van der Waals surface area contributed by atoms with Gasteiger partial charge in [0.25, 0.3) is 0 Å². The Hall–Kier alpha value is -3.47. The molecule has 5 heteroatoms. The molecule has 1 heterocycles. The predicted octanol–water partition coefficient (Wildman–Crippen LogP) is 5.07. The molecule has 4 rings (SSSR count). The number of fused-ring (bicyclic) bond motifs is 1. The third-order valence-corrected chi connectivity index (χ3v) is 4.57. The first-order chi connectivity index (χ1) is 13.7. The smallest absolute Gasteiger partial charge is 0.338 e. The number of benzene rings is 3. The average molecular weight is 374 g/mol. The van der Waals surface area contributed by atoms with E-state index in [0.29, 0.717) is 24.3 Å². The van der Waals surface area contributed by atoms with Crippen LogP contribution in [0.15, 0.2) is 72.9 Å². The van der Waals surface area contributed by atoms with Crippen LogP contribution in [0.1, 0.15) is 22.8 Å². The number of halogens is 1. The summed E-state index contributed by atoms with van der Waals surface area (Å²) in [7, 11) is 0. The lowest BCUT2D eigenvalue weighted by Gasteiger charge is -2.06. The average Bonchev–Trinajstić information content (AvgIpc) is 3.12. The van der Waals surface area contributed by atoms with Gasteiger partial charge >= 0.3 is 5.97 Å². The molecule has 4 nitrogen and oxygen atoms in total. The Balaban J connectivity index is 1.73. The number of nitrogens with zero attached hydrogens (tertiary/aromatic N) is 2. The van der Waals surface area contributed by atoms with E-state index in [9.17, 15) is 9.18 Å². The van der Waals surface area contributed by atoms with Crippen LogP contribution in [0, 0.1) is 5.82 Å². The molecule has 0 spiro atoms. The third kappa shape index (κ3) is 3.51. The Kier molecular flexibility index (Phi) is 4.89. The second-order valence-electron chi connectivity index (χ2n) is 6.46. The van der Waals surface area contributed by atoms with Crippen LogP contribution in [0.3, 0.4) is 0 Å². The molecule has 0 N–H and O–H groups in total. The molecular weight excluding hydrogens is 355 g/mol. The highest BCUT2D eigenvalue weighted by Gasteiger charge is 2.12. The molecule has 0 fully saturated rings. The van der Waals surface area contributed by atoms with Crippen LogP contribution < -0.4 is 0 Å². The maximum atomic E-state index is 14.0. The maximum Gasteiger partial charge on any atom is 0.338 e. The number of ether oxygens (including phenoxy) is 1. The maximum absolute atomic E-state index is 14.0. The van der Waals surface area contributed by atoms with Gasteiger partial charge in [-0.1, -0.05) is 42.5 Å².